The van der Waals surface area contributed by atoms with Gasteiger partial charge in [0.15, 0.2) is 11.5 Å². The summed E-state index contributed by atoms with van der Waals surface area (Å²) < 4.78 is 17.9. The van der Waals surface area contributed by atoms with Crippen molar-refractivity contribution in [2.45, 2.75) is 6.42 Å². The molecular weight excluding hydrogens is 410 g/mol. The minimum absolute atomic E-state index is 0.0838. The number of amides is 1. The first-order valence-corrected chi connectivity index (χ1v) is 10.1. The van der Waals surface area contributed by atoms with Crippen molar-refractivity contribution >= 4 is 11.6 Å². The molecule has 0 saturated carbocycles. The number of fused-ring (bicyclic) bond motifs is 1. The summed E-state index contributed by atoms with van der Waals surface area (Å²) in [4.78, 5) is 12.1. The van der Waals surface area contributed by atoms with Crippen LogP contribution < -0.4 is 19.5 Å². The molecule has 0 radical (unpaired) electrons. The summed E-state index contributed by atoms with van der Waals surface area (Å²) in [5.41, 5.74) is 2.27. The van der Waals surface area contributed by atoms with Gasteiger partial charge in [-0.05, 0) is 35.9 Å². The molecule has 4 rings (SSSR count). The lowest BCUT2D eigenvalue weighted by molar-refractivity contribution is -0.120. The van der Waals surface area contributed by atoms with Crippen LogP contribution >= 0.6 is 0 Å². The Morgan fingerprint density at radius 1 is 0.969 bits per heavy atom. The maximum absolute atomic E-state index is 12.1. The highest BCUT2D eigenvalue weighted by Gasteiger charge is 2.14. The first kappa shape index (κ1) is 21.1. The van der Waals surface area contributed by atoms with E-state index in [1.165, 1.54) is 0 Å². The maximum Gasteiger partial charge on any atom is 0.231 e. The third kappa shape index (κ3) is 4.77. The van der Waals surface area contributed by atoms with E-state index in [0.29, 0.717) is 29.6 Å². The Morgan fingerprint density at radius 3 is 2.56 bits per heavy atom. The standard InChI is InChI=1S/C23H23N5O4/c1-30-17-9-7-16(8-10-17)15-21(29)24-13-14-32-22-12-11-20-25-26-23(28(20)27-22)18-5-3-4-6-19(18)31-2/h3-12H,13-15H2,1-2H3,(H,24,29). The third-order valence-electron chi connectivity index (χ3n) is 4.78. The number of hydrogen-bond donors (Lipinski definition) is 1. The normalized spacial score (nSPS) is 10.7. The molecule has 0 aliphatic heterocycles. The minimum atomic E-state index is -0.0838. The molecule has 1 amide bonds. The molecule has 164 valence electrons. The van der Waals surface area contributed by atoms with Gasteiger partial charge >= 0.3 is 0 Å². The first-order chi connectivity index (χ1) is 15.7. The summed E-state index contributed by atoms with van der Waals surface area (Å²) in [6, 6.07) is 18.4. The van der Waals surface area contributed by atoms with Crippen LogP contribution in [-0.2, 0) is 11.2 Å². The molecule has 0 unspecified atom stereocenters. The first-order valence-electron chi connectivity index (χ1n) is 10.1. The summed E-state index contributed by atoms with van der Waals surface area (Å²) in [7, 11) is 3.21. The van der Waals surface area contributed by atoms with Crippen LogP contribution in [-0.4, -0.2) is 53.1 Å². The second-order valence-electron chi connectivity index (χ2n) is 6.89. The Bertz CT molecular complexity index is 1210. The lowest BCUT2D eigenvalue weighted by Gasteiger charge is -2.09. The predicted molar refractivity (Wildman–Crippen MR) is 118 cm³/mol. The van der Waals surface area contributed by atoms with E-state index in [4.69, 9.17) is 14.2 Å². The van der Waals surface area contributed by atoms with Gasteiger partial charge in [0.2, 0.25) is 11.8 Å². The molecule has 0 saturated heterocycles. The van der Waals surface area contributed by atoms with E-state index in [2.05, 4.69) is 20.6 Å². The monoisotopic (exact) mass is 433 g/mol. The van der Waals surface area contributed by atoms with Crippen LogP contribution in [0.25, 0.3) is 17.0 Å². The number of carbonyl (C=O) groups excluding carboxylic acids is 1. The summed E-state index contributed by atoms with van der Waals surface area (Å²) in [5, 5.41) is 15.7. The quantitative estimate of drug-likeness (QED) is 0.405. The molecule has 2 aromatic heterocycles. The summed E-state index contributed by atoms with van der Waals surface area (Å²) >= 11 is 0. The Labute approximate surface area is 185 Å². The zero-order chi connectivity index (χ0) is 22.3. The van der Waals surface area contributed by atoms with Crippen molar-refractivity contribution in [3.63, 3.8) is 0 Å². The van der Waals surface area contributed by atoms with Gasteiger partial charge in [-0.25, -0.2) is 0 Å². The topological polar surface area (TPSA) is 99.9 Å². The lowest BCUT2D eigenvalue weighted by atomic mass is 10.1. The van der Waals surface area contributed by atoms with E-state index in [1.807, 2.05) is 48.5 Å². The molecule has 0 aliphatic rings. The minimum Gasteiger partial charge on any atom is -0.497 e. The van der Waals surface area contributed by atoms with Crippen LogP contribution in [0.15, 0.2) is 60.7 Å². The van der Waals surface area contributed by atoms with E-state index in [1.54, 1.807) is 30.9 Å². The number of benzene rings is 2. The van der Waals surface area contributed by atoms with Gasteiger partial charge in [0, 0.05) is 6.07 Å². The number of rotatable bonds is 9. The van der Waals surface area contributed by atoms with Crippen molar-refractivity contribution in [3.8, 4) is 28.8 Å². The molecule has 0 atom stereocenters. The third-order valence-corrected chi connectivity index (χ3v) is 4.78. The average molecular weight is 433 g/mol. The fourth-order valence-corrected chi connectivity index (χ4v) is 3.18. The molecule has 2 heterocycles. The van der Waals surface area contributed by atoms with Crippen molar-refractivity contribution in [3.05, 3.63) is 66.2 Å². The molecule has 1 N–H and O–H groups in total. The maximum atomic E-state index is 12.1. The van der Waals surface area contributed by atoms with Gasteiger partial charge < -0.3 is 19.5 Å². The number of nitrogens with zero attached hydrogens (tertiary/aromatic N) is 4. The Morgan fingerprint density at radius 2 is 1.78 bits per heavy atom. The fourth-order valence-electron chi connectivity index (χ4n) is 3.18. The highest BCUT2D eigenvalue weighted by atomic mass is 16.5. The second-order valence-corrected chi connectivity index (χ2v) is 6.89. The van der Waals surface area contributed by atoms with Gasteiger partial charge in [-0.1, -0.05) is 24.3 Å². The predicted octanol–water partition coefficient (Wildman–Crippen LogP) is 2.55. The lowest BCUT2D eigenvalue weighted by Crippen LogP contribution is -2.29. The second kappa shape index (κ2) is 9.78. The molecule has 0 fully saturated rings. The Hall–Kier alpha value is -4.14. The van der Waals surface area contributed by atoms with Gasteiger partial charge in [-0.2, -0.15) is 4.52 Å². The highest BCUT2D eigenvalue weighted by Crippen LogP contribution is 2.28. The number of carbonyl (C=O) groups is 1. The summed E-state index contributed by atoms with van der Waals surface area (Å²) in [5.74, 6) is 2.30. The van der Waals surface area contributed by atoms with Crippen LogP contribution in [0.3, 0.4) is 0 Å². The Kier molecular flexibility index (Phi) is 6.45. The molecule has 0 bridgehead atoms. The molecule has 0 spiro atoms. The zero-order valence-electron chi connectivity index (χ0n) is 17.8. The van der Waals surface area contributed by atoms with E-state index in [9.17, 15) is 4.79 Å². The largest absolute Gasteiger partial charge is 0.497 e. The number of methoxy groups -OCH3 is 2. The summed E-state index contributed by atoms with van der Waals surface area (Å²) in [6.07, 6.45) is 0.289. The van der Waals surface area contributed by atoms with E-state index in [-0.39, 0.29) is 18.9 Å². The molecule has 0 aliphatic carbocycles. The zero-order valence-corrected chi connectivity index (χ0v) is 17.8. The van der Waals surface area contributed by atoms with E-state index >= 15 is 0 Å². The SMILES string of the molecule is COc1ccc(CC(=O)NCCOc2ccc3nnc(-c4ccccc4OC)n3n2)cc1. The van der Waals surface area contributed by atoms with Crippen molar-refractivity contribution in [2.75, 3.05) is 27.4 Å². The number of para-hydroxylation sites is 1. The van der Waals surface area contributed by atoms with Crippen molar-refractivity contribution < 1.29 is 19.0 Å². The van der Waals surface area contributed by atoms with E-state index < -0.39 is 0 Å². The van der Waals surface area contributed by atoms with Crippen LogP contribution in [0, 0.1) is 0 Å². The van der Waals surface area contributed by atoms with Crippen LogP contribution in [0.2, 0.25) is 0 Å². The molecular formula is C23H23N5O4. The summed E-state index contributed by atoms with van der Waals surface area (Å²) in [6.45, 7) is 0.634. The number of nitrogens with one attached hydrogen (secondary N) is 1. The van der Waals surface area contributed by atoms with Crippen LogP contribution in [0.4, 0.5) is 0 Å². The van der Waals surface area contributed by atoms with Crippen LogP contribution in [0.5, 0.6) is 17.4 Å². The number of aromatic nitrogens is 4. The highest BCUT2D eigenvalue weighted by molar-refractivity contribution is 5.78. The van der Waals surface area contributed by atoms with Crippen molar-refractivity contribution in [2.24, 2.45) is 0 Å². The fraction of sp³-hybridized carbons (Fsp3) is 0.217. The molecule has 4 aromatic rings. The van der Waals surface area contributed by atoms with Crippen LogP contribution in [0.1, 0.15) is 5.56 Å². The average Bonchev–Trinajstić information content (AvgIpc) is 3.25. The van der Waals surface area contributed by atoms with Gasteiger partial charge in [0.05, 0.1) is 32.7 Å². The van der Waals surface area contributed by atoms with Gasteiger partial charge in [-0.3, -0.25) is 4.79 Å². The molecule has 9 nitrogen and oxygen atoms in total. The number of hydrogen-bond acceptors (Lipinski definition) is 7. The molecule has 2 aromatic carbocycles. The molecule has 32 heavy (non-hydrogen) atoms. The van der Waals surface area contributed by atoms with E-state index in [0.717, 1.165) is 16.9 Å². The Balaban J connectivity index is 1.35. The van der Waals surface area contributed by atoms with Gasteiger partial charge in [-0.15, -0.1) is 15.3 Å². The van der Waals surface area contributed by atoms with Gasteiger partial charge in [0.1, 0.15) is 18.1 Å². The van der Waals surface area contributed by atoms with Crippen molar-refractivity contribution in [1.29, 1.82) is 0 Å². The van der Waals surface area contributed by atoms with Gasteiger partial charge in [0.25, 0.3) is 0 Å². The smallest absolute Gasteiger partial charge is 0.231 e. The number of ether oxygens (including phenoxy) is 3. The van der Waals surface area contributed by atoms with Crippen molar-refractivity contribution in [1.82, 2.24) is 25.1 Å². The molecule has 9 heteroatoms.